The molecular formula is C15H22Cl2N4O2. The van der Waals surface area contributed by atoms with E-state index in [4.69, 9.17) is 33.7 Å². The fraction of sp³-hybridized carbons (Fsp3) is 0.533. The molecule has 0 fully saturated rings. The Bertz CT molecular complexity index is 541. The SMILES string of the molecule is CC(C)(C)OC(=O)N1CC=C(c2ccc(N)nn2)CC1.ClCCl. The highest BCUT2D eigenvalue weighted by Crippen LogP contribution is 2.21. The zero-order chi connectivity index (χ0) is 17.5. The van der Waals surface area contributed by atoms with Gasteiger partial charge in [0.05, 0.1) is 11.0 Å². The van der Waals surface area contributed by atoms with Crippen LogP contribution in [0.4, 0.5) is 10.6 Å². The molecule has 128 valence electrons. The third kappa shape index (κ3) is 7.05. The number of ether oxygens (including phenoxy) is 1. The van der Waals surface area contributed by atoms with Gasteiger partial charge in [-0.2, -0.15) is 0 Å². The van der Waals surface area contributed by atoms with E-state index in [9.17, 15) is 4.79 Å². The van der Waals surface area contributed by atoms with Gasteiger partial charge in [0.2, 0.25) is 0 Å². The third-order valence-corrected chi connectivity index (χ3v) is 2.87. The Morgan fingerprint density at radius 1 is 1.35 bits per heavy atom. The van der Waals surface area contributed by atoms with Crippen LogP contribution in [0.1, 0.15) is 32.9 Å². The van der Waals surface area contributed by atoms with Crippen molar-refractivity contribution >= 4 is 40.7 Å². The highest BCUT2D eigenvalue weighted by atomic mass is 35.5. The lowest BCUT2D eigenvalue weighted by Crippen LogP contribution is -2.39. The van der Waals surface area contributed by atoms with E-state index in [1.807, 2.05) is 32.9 Å². The molecule has 1 aliphatic heterocycles. The van der Waals surface area contributed by atoms with Crippen LogP contribution < -0.4 is 5.73 Å². The molecule has 6 nitrogen and oxygen atoms in total. The molecule has 0 saturated carbocycles. The number of halogens is 2. The van der Waals surface area contributed by atoms with Crippen molar-refractivity contribution in [3.05, 3.63) is 23.9 Å². The largest absolute Gasteiger partial charge is 0.444 e. The molecule has 2 N–H and O–H groups in total. The molecule has 1 aromatic rings. The summed E-state index contributed by atoms with van der Waals surface area (Å²) in [5, 5.41) is 8.09. The number of anilines is 1. The van der Waals surface area contributed by atoms with Gasteiger partial charge in [-0.3, -0.25) is 0 Å². The summed E-state index contributed by atoms with van der Waals surface area (Å²) in [5.41, 5.74) is 6.93. The van der Waals surface area contributed by atoms with Gasteiger partial charge in [-0.15, -0.1) is 33.4 Å². The van der Waals surface area contributed by atoms with Crippen molar-refractivity contribution in [2.45, 2.75) is 32.8 Å². The second kappa shape index (κ2) is 8.93. The maximum Gasteiger partial charge on any atom is 0.410 e. The fourth-order valence-electron chi connectivity index (χ4n) is 1.91. The first kappa shape index (κ1) is 19.5. The number of hydrogen-bond acceptors (Lipinski definition) is 5. The Kier molecular flexibility index (Phi) is 7.58. The summed E-state index contributed by atoms with van der Waals surface area (Å²) < 4.78 is 5.35. The number of nitrogen functional groups attached to an aromatic ring is 1. The number of carbonyl (C=O) groups is 1. The Hall–Kier alpha value is -1.53. The van der Waals surface area contributed by atoms with Crippen molar-refractivity contribution in [1.82, 2.24) is 15.1 Å². The van der Waals surface area contributed by atoms with Gasteiger partial charge in [0.15, 0.2) is 0 Å². The van der Waals surface area contributed by atoms with E-state index in [0.717, 1.165) is 17.7 Å². The van der Waals surface area contributed by atoms with Crippen molar-refractivity contribution in [3.8, 4) is 0 Å². The standard InChI is InChI=1S/C14H20N4O2.CH2Cl2/c1-14(2,3)20-13(19)18-8-6-10(7-9-18)11-4-5-12(15)17-16-11;2-1-3/h4-6H,7-9H2,1-3H3,(H2,15,17);1H2. The lowest BCUT2D eigenvalue weighted by Gasteiger charge is -2.29. The molecule has 23 heavy (non-hydrogen) atoms. The van der Waals surface area contributed by atoms with E-state index < -0.39 is 5.60 Å². The Balaban J connectivity index is 0.000000816. The second-order valence-electron chi connectivity index (χ2n) is 5.85. The lowest BCUT2D eigenvalue weighted by molar-refractivity contribution is 0.0270. The molecule has 8 heteroatoms. The lowest BCUT2D eigenvalue weighted by atomic mass is 10.0. The molecule has 0 saturated heterocycles. The quantitative estimate of drug-likeness (QED) is 0.774. The van der Waals surface area contributed by atoms with Crippen LogP contribution in [-0.4, -0.2) is 45.2 Å². The molecule has 0 aromatic carbocycles. The Morgan fingerprint density at radius 3 is 2.43 bits per heavy atom. The van der Waals surface area contributed by atoms with E-state index in [1.54, 1.807) is 11.0 Å². The summed E-state index contributed by atoms with van der Waals surface area (Å²) in [6, 6.07) is 3.57. The highest BCUT2D eigenvalue weighted by Gasteiger charge is 2.24. The normalized spacial score (nSPS) is 14.5. The predicted molar refractivity (Wildman–Crippen MR) is 93.4 cm³/mol. The number of nitrogens with two attached hydrogens (primary N) is 1. The fourth-order valence-corrected chi connectivity index (χ4v) is 1.91. The van der Waals surface area contributed by atoms with Crippen LogP contribution in [-0.2, 0) is 4.74 Å². The average molecular weight is 361 g/mol. The van der Waals surface area contributed by atoms with Crippen LogP contribution in [0.3, 0.4) is 0 Å². The first-order chi connectivity index (χ1) is 10.8. The first-order valence-electron chi connectivity index (χ1n) is 7.15. The minimum Gasteiger partial charge on any atom is -0.444 e. The number of hydrogen-bond donors (Lipinski definition) is 1. The Labute approximate surface area is 146 Å². The van der Waals surface area contributed by atoms with Crippen LogP contribution in [0, 0.1) is 0 Å². The smallest absolute Gasteiger partial charge is 0.410 e. The molecule has 0 spiro atoms. The zero-order valence-electron chi connectivity index (χ0n) is 13.6. The number of amides is 1. The second-order valence-corrected chi connectivity index (χ2v) is 6.66. The van der Waals surface area contributed by atoms with Gasteiger partial charge in [0, 0.05) is 13.1 Å². The van der Waals surface area contributed by atoms with E-state index in [2.05, 4.69) is 10.2 Å². The van der Waals surface area contributed by atoms with Gasteiger partial charge in [-0.05, 0) is 44.9 Å². The summed E-state index contributed by atoms with van der Waals surface area (Å²) in [4.78, 5) is 13.6. The monoisotopic (exact) mass is 360 g/mol. The molecule has 0 unspecified atom stereocenters. The van der Waals surface area contributed by atoms with Crippen molar-refractivity contribution < 1.29 is 9.53 Å². The topological polar surface area (TPSA) is 81.3 Å². The van der Waals surface area contributed by atoms with Crippen molar-refractivity contribution in [2.75, 3.05) is 24.2 Å². The van der Waals surface area contributed by atoms with Gasteiger partial charge in [0.25, 0.3) is 0 Å². The minimum atomic E-state index is -0.469. The van der Waals surface area contributed by atoms with E-state index in [-0.39, 0.29) is 11.4 Å². The molecular weight excluding hydrogens is 339 g/mol. The molecule has 2 rings (SSSR count). The van der Waals surface area contributed by atoms with Crippen molar-refractivity contribution in [3.63, 3.8) is 0 Å². The minimum absolute atomic E-state index is 0.194. The predicted octanol–water partition coefficient (Wildman–Crippen LogP) is 3.50. The van der Waals surface area contributed by atoms with Crippen molar-refractivity contribution in [2.24, 2.45) is 0 Å². The van der Waals surface area contributed by atoms with E-state index in [1.165, 1.54) is 0 Å². The highest BCUT2D eigenvalue weighted by molar-refractivity contribution is 6.40. The molecule has 1 aliphatic rings. The van der Waals surface area contributed by atoms with E-state index >= 15 is 0 Å². The maximum atomic E-state index is 11.9. The third-order valence-electron chi connectivity index (χ3n) is 2.87. The Morgan fingerprint density at radius 2 is 2.00 bits per heavy atom. The molecule has 1 aromatic heterocycles. The molecule has 0 aliphatic carbocycles. The zero-order valence-corrected chi connectivity index (χ0v) is 15.1. The van der Waals surface area contributed by atoms with Crippen LogP contribution in [0.25, 0.3) is 5.57 Å². The molecule has 1 amide bonds. The summed E-state index contributed by atoms with van der Waals surface area (Å²) >= 11 is 9.53. The van der Waals surface area contributed by atoms with Gasteiger partial charge in [-0.1, -0.05) is 6.08 Å². The average Bonchev–Trinajstić information content (AvgIpc) is 2.47. The molecule has 2 heterocycles. The van der Waals surface area contributed by atoms with Gasteiger partial charge >= 0.3 is 6.09 Å². The van der Waals surface area contributed by atoms with Gasteiger partial charge < -0.3 is 15.4 Å². The van der Waals surface area contributed by atoms with E-state index in [0.29, 0.717) is 18.9 Å². The summed E-state index contributed by atoms with van der Waals surface area (Å²) in [6.07, 6.45) is 2.43. The maximum absolute atomic E-state index is 11.9. The van der Waals surface area contributed by atoms with Crippen molar-refractivity contribution in [1.29, 1.82) is 0 Å². The van der Waals surface area contributed by atoms with Crippen LogP contribution >= 0.6 is 23.2 Å². The van der Waals surface area contributed by atoms with Gasteiger partial charge in [-0.25, -0.2) is 4.79 Å². The number of carbonyl (C=O) groups excluding carboxylic acids is 1. The molecule has 0 bridgehead atoms. The van der Waals surface area contributed by atoms with Crippen LogP contribution in [0.15, 0.2) is 18.2 Å². The summed E-state index contributed by atoms with van der Waals surface area (Å²) in [5.74, 6) is 0.403. The number of aromatic nitrogens is 2. The summed E-state index contributed by atoms with van der Waals surface area (Å²) in [7, 11) is 0. The summed E-state index contributed by atoms with van der Waals surface area (Å²) in [6.45, 7) is 6.73. The van der Waals surface area contributed by atoms with Crippen LogP contribution in [0.2, 0.25) is 0 Å². The molecule has 0 atom stereocenters. The first-order valence-corrected chi connectivity index (χ1v) is 8.22. The number of rotatable bonds is 1. The molecule has 0 radical (unpaired) electrons. The number of nitrogens with zero attached hydrogens (tertiary/aromatic N) is 3. The van der Waals surface area contributed by atoms with Crippen LogP contribution in [0.5, 0.6) is 0 Å². The van der Waals surface area contributed by atoms with Gasteiger partial charge in [0.1, 0.15) is 11.4 Å². The number of alkyl halides is 2.